The maximum Gasteiger partial charge on any atom is 0.303 e. The second-order valence-electron chi connectivity index (χ2n) is 6.77. The number of phenolic OH excluding ortho intramolecular Hbond substituents is 1. The molecule has 0 aliphatic carbocycles. The zero-order valence-corrected chi connectivity index (χ0v) is 15.5. The molecule has 3 atom stereocenters. The Morgan fingerprint density at radius 1 is 1.27 bits per heavy atom. The van der Waals surface area contributed by atoms with E-state index in [-0.39, 0.29) is 30.5 Å². The van der Waals surface area contributed by atoms with Crippen LogP contribution in [0.5, 0.6) is 5.75 Å². The van der Waals surface area contributed by atoms with Crippen molar-refractivity contribution in [3.8, 4) is 5.75 Å². The van der Waals surface area contributed by atoms with Crippen molar-refractivity contribution in [2.24, 2.45) is 5.92 Å². The van der Waals surface area contributed by atoms with Gasteiger partial charge in [-0.1, -0.05) is 50.1 Å². The third kappa shape index (κ3) is 6.46. The predicted molar refractivity (Wildman–Crippen MR) is 99.9 cm³/mol. The molecule has 0 aromatic heterocycles. The lowest BCUT2D eigenvalue weighted by Crippen LogP contribution is -2.34. The van der Waals surface area contributed by atoms with E-state index in [1.165, 1.54) is 0 Å². The number of hydrogen-bond acceptors (Lipinski definition) is 4. The predicted octanol–water partition coefficient (Wildman–Crippen LogP) is 4.81. The summed E-state index contributed by atoms with van der Waals surface area (Å²) in [5.74, 6) is -0.459. The third-order valence-corrected chi connectivity index (χ3v) is 4.64. The fraction of sp³-hybridized carbons (Fsp3) is 0.571. The number of carbonyl (C=O) groups is 1. The van der Waals surface area contributed by atoms with E-state index in [1.807, 2.05) is 24.3 Å². The first-order valence-electron chi connectivity index (χ1n) is 9.53. The quantitative estimate of drug-likeness (QED) is 0.461. The maximum absolute atomic E-state index is 10.6. The Bertz CT molecular complexity index is 584. The number of carboxylic acid groups (broad SMARTS) is 1. The third-order valence-electron chi connectivity index (χ3n) is 4.64. The highest BCUT2D eigenvalue weighted by Gasteiger charge is 2.33. The van der Waals surface area contributed by atoms with Crippen LogP contribution in [0.1, 0.15) is 63.5 Å². The molecule has 2 N–H and O–H groups in total. The van der Waals surface area contributed by atoms with E-state index in [9.17, 15) is 9.90 Å². The lowest BCUT2D eigenvalue weighted by molar-refractivity contribution is -0.241. The number of phenols is 1. The van der Waals surface area contributed by atoms with Crippen LogP contribution in [0.3, 0.4) is 0 Å². The summed E-state index contributed by atoms with van der Waals surface area (Å²) in [6, 6.07) is 7.28. The standard InChI is InChI=1S/C21H30O5/c1-2-3-5-14-20-25-15-16(10-6-4-7-13-19(23)24)21(26-20)17-11-8-9-12-18(17)22/h4,6,8-9,11-12,16,20-22H,2-3,5,7,10,13-15H2,1H3,(H,23,24). The summed E-state index contributed by atoms with van der Waals surface area (Å²) >= 11 is 0. The summed E-state index contributed by atoms with van der Waals surface area (Å²) in [5.41, 5.74) is 0.792. The summed E-state index contributed by atoms with van der Waals surface area (Å²) in [6.45, 7) is 2.74. The van der Waals surface area contributed by atoms with Crippen LogP contribution in [-0.4, -0.2) is 29.1 Å². The van der Waals surface area contributed by atoms with Crippen molar-refractivity contribution < 1.29 is 24.5 Å². The van der Waals surface area contributed by atoms with Crippen LogP contribution in [0, 0.1) is 5.92 Å². The molecule has 1 aromatic carbocycles. The van der Waals surface area contributed by atoms with Gasteiger partial charge in [0.05, 0.1) is 12.7 Å². The van der Waals surface area contributed by atoms with E-state index >= 15 is 0 Å². The van der Waals surface area contributed by atoms with Gasteiger partial charge in [-0.25, -0.2) is 0 Å². The number of aromatic hydroxyl groups is 1. The lowest BCUT2D eigenvalue weighted by atomic mass is 9.91. The molecule has 1 aliphatic rings. The molecule has 5 nitrogen and oxygen atoms in total. The largest absolute Gasteiger partial charge is 0.508 e. The minimum atomic E-state index is -0.791. The molecule has 0 radical (unpaired) electrons. The van der Waals surface area contributed by atoms with Crippen LogP contribution in [-0.2, 0) is 14.3 Å². The zero-order chi connectivity index (χ0) is 18.8. The van der Waals surface area contributed by atoms with Crippen LogP contribution in [0.4, 0.5) is 0 Å². The molecule has 0 spiro atoms. The molecule has 1 heterocycles. The summed E-state index contributed by atoms with van der Waals surface area (Å²) in [7, 11) is 0. The number of para-hydroxylation sites is 1. The van der Waals surface area contributed by atoms with Gasteiger partial charge in [-0.15, -0.1) is 0 Å². The lowest BCUT2D eigenvalue weighted by Gasteiger charge is -2.37. The van der Waals surface area contributed by atoms with Crippen LogP contribution < -0.4 is 0 Å². The van der Waals surface area contributed by atoms with E-state index < -0.39 is 5.97 Å². The molecule has 1 aliphatic heterocycles. The van der Waals surface area contributed by atoms with Gasteiger partial charge in [0.25, 0.3) is 0 Å². The fourth-order valence-corrected chi connectivity index (χ4v) is 3.19. The molecule has 2 rings (SSSR count). The van der Waals surface area contributed by atoms with Crippen LogP contribution in [0.15, 0.2) is 36.4 Å². The van der Waals surface area contributed by atoms with Gasteiger partial charge in [-0.3, -0.25) is 4.79 Å². The Morgan fingerprint density at radius 3 is 2.81 bits per heavy atom. The molecule has 5 heteroatoms. The number of rotatable bonds is 10. The number of allylic oxidation sites excluding steroid dienone is 2. The maximum atomic E-state index is 10.6. The smallest absolute Gasteiger partial charge is 0.303 e. The van der Waals surface area contributed by atoms with Crippen LogP contribution in [0.25, 0.3) is 0 Å². The van der Waals surface area contributed by atoms with Gasteiger partial charge < -0.3 is 19.7 Å². The van der Waals surface area contributed by atoms with Crippen molar-refractivity contribution in [1.82, 2.24) is 0 Å². The topological polar surface area (TPSA) is 76.0 Å². The number of hydrogen-bond donors (Lipinski definition) is 2. The van der Waals surface area contributed by atoms with Gasteiger partial charge >= 0.3 is 5.97 Å². The molecule has 144 valence electrons. The first-order chi connectivity index (χ1) is 12.6. The summed E-state index contributed by atoms with van der Waals surface area (Å²) in [5, 5.41) is 18.9. The average Bonchev–Trinajstić information content (AvgIpc) is 2.63. The summed E-state index contributed by atoms with van der Waals surface area (Å²) in [4.78, 5) is 10.6. The van der Waals surface area contributed by atoms with Crippen LogP contribution in [0.2, 0.25) is 0 Å². The van der Waals surface area contributed by atoms with Crippen LogP contribution >= 0.6 is 0 Å². The van der Waals surface area contributed by atoms with Gasteiger partial charge in [-0.2, -0.15) is 0 Å². The number of ether oxygens (including phenoxy) is 2. The molecule has 1 fully saturated rings. The van der Waals surface area contributed by atoms with Crippen molar-refractivity contribution >= 4 is 5.97 Å². The summed E-state index contributed by atoms with van der Waals surface area (Å²) in [6.07, 6.45) is 9.03. The molecule has 0 saturated carbocycles. The van der Waals surface area contributed by atoms with Crippen molar-refractivity contribution in [3.63, 3.8) is 0 Å². The Balaban J connectivity index is 2.01. The number of aliphatic carboxylic acids is 1. The van der Waals surface area contributed by atoms with E-state index in [4.69, 9.17) is 14.6 Å². The van der Waals surface area contributed by atoms with Gasteiger partial charge in [0, 0.05) is 17.9 Å². The van der Waals surface area contributed by atoms with E-state index in [2.05, 4.69) is 6.92 Å². The van der Waals surface area contributed by atoms with Crippen molar-refractivity contribution in [1.29, 1.82) is 0 Å². The van der Waals surface area contributed by atoms with Gasteiger partial charge in [-0.05, 0) is 31.7 Å². The van der Waals surface area contributed by atoms with Gasteiger partial charge in [0.15, 0.2) is 6.29 Å². The second-order valence-corrected chi connectivity index (χ2v) is 6.77. The molecule has 1 aromatic rings. The number of unbranched alkanes of at least 4 members (excludes halogenated alkanes) is 2. The van der Waals surface area contributed by atoms with Crippen molar-refractivity contribution in [2.75, 3.05) is 6.61 Å². The Kier molecular flexibility index (Phi) is 8.65. The summed E-state index contributed by atoms with van der Waals surface area (Å²) < 4.78 is 12.1. The molecule has 0 bridgehead atoms. The monoisotopic (exact) mass is 362 g/mol. The highest BCUT2D eigenvalue weighted by Crippen LogP contribution is 2.39. The Morgan fingerprint density at radius 2 is 2.08 bits per heavy atom. The zero-order valence-electron chi connectivity index (χ0n) is 15.5. The molecule has 0 amide bonds. The molecular formula is C21H30O5. The first-order valence-corrected chi connectivity index (χ1v) is 9.53. The Labute approximate surface area is 155 Å². The highest BCUT2D eigenvalue weighted by atomic mass is 16.7. The molecule has 26 heavy (non-hydrogen) atoms. The number of benzene rings is 1. The second kappa shape index (κ2) is 11.0. The first kappa shape index (κ1) is 20.5. The average molecular weight is 362 g/mol. The van der Waals surface area contributed by atoms with Gasteiger partial charge in [0.2, 0.25) is 0 Å². The molecule has 3 unspecified atom stereocenters. The van der Waals surface area contributed by atoms with E-state index in [0.717, 1.165) is 37.7 Å². The number of carboxylic acids is 1. The van der Waals surface area contributed by atoms with Crippen molar-refractivity contribution in [2.45, 2.75) is 64.3 Å². The van der Waals surface area contributed by atoms with E-state index in [1.54, 1.807) is 12.1 Å². The minimum absolute atomic E-state index is 0.0896. The highest BCUT2D eigenvalue weighted by molar-refractivity contribution is 5.66. The Hall–Kier alpha value is -1.85. The molecular weight excluding hydrogens is 332 g/mol. The van der Waals surface area contributed by atoms with E-state index in [0.29, 0.717) is 13.0 Å². The normalized spacial score (nSPS) is 23.3. The van der Waals surface area contributed by atoms with Crippen molar-refractivity contribution in [3.05, 3.63) is 42.0 Å². The minimum Gasteiger partial charge on any atom is -0.508 e. The van der Waals surface area contributed by atoms with Gasteiger partial charge in [0.1, 0.15) is 5.75 Å². The molecule has 1 saturated heterocycles. The fourth-order valence-electron chi connectivity index (χ4n) is 3.19. The SMILES string of the molecule is CCCCCC1OCC(CC=CCCC(=O)O)C(c2ccccc2O)O1.